The maximum atomic E-state index is 12.5. The highest BCUT2D eigenvalue weighted by atomic mass is 32.2. The first-order chi connectivity index (χ1) is 13.0. The van der Waals surface area contributed by atoms with Crippen LogP contribution in [0.5, 0.6) is 0 Å². The smallest absolute Gasteiger partial charge is 0.274 e. The van der Waals surface area contributed by atoms with E-state index in [1.54, 1.807) is 41.9 Å². The van der Waals surface area contributed by atoms with E-state index in [1.807, 2.05) is 30.3 Å². The Morgan fingerprint density at radius 1 is 0.815 bits per heavy atom. The number of benzene rings is 3. The maximum absolute atomic E-state index is 12.5. The third-order valence-electron chi connectivity index (χ3n) is 4.06. The van der Waals surface area contributed by atoms with E-state index >= 15 is 0 Å². The van der Waals surface area contributed by atoms with Gasteiger partial charge in [-0.2, -0.15) is 0 Å². The number of sulfonamides is 1. The van der Waals surface area contributed by atoms with Crippen LogP contribution in [0.3, 0.4) is 0 Å². The zero-order valence-electron chi connectivity index (χ0n) is 14.3. The molecule has 0 atom stereocenters. The van der Waals surface area contributed by atoms with E-state index < -0.39 is 15.9 Å². The predicted octanol–water partition coefficient (Wildman–Crippen LogP) is 2.95. The second kappa shape index (κ2) is 8.13. The van der Waals surface area contributed by atoms with Crippen LogP contribution in [0.2, 0.25) is 0 Å². The minimum Gasteiger partial charge on any atom is -0.288 e. The van der Waals surface area contributed by atoms with Crippen LogP contribution in [0.4, 0.5) is 0 Å². The molecule has 0 fully saturated rings. The van der Waals surface area contributed by atoms with Crippen LogP contribution in [0.1, 0.15) is 15.9 Å². The summed E-state index contributed by atoms with van der Waals surface area (Å²) in [4.78, 5) is 11.5. The van der Waals surface area contributed by atoms with Crippen molar-refractivity contribution in [2.45, 2.75) is 11.4 Å². The van der Waals surface area contributed by atoms with Crippen molar-refractivity contribution in [3.63, 3.8) is 0 Å². The summed E-state index contributed by atoms with van der Waals surface area (Å²) in [5, 5.41) is 8.59. The third kappa shape index (κ3) is 4.59. The molecular weight excluding hydrogens is 364 g/mol. The molecule has 0 bridgehead atoms. The van der Waals surface area contributed by atoms with E-state index in [0.29, 0.717) is 5.56 Å². The lowest BCUT2D eigenvalue weighted by Gasteiger charge is -2.09. The van der Waals surface area contributed by atoms with Gasteiger partial charge in [-0.3, -0.25) is 10.0 Å². The summed E-state index contributed by atoms with van der Waals surface area (Å²) in [6, 6.07) is 22.6. The Kier molecular flexibility index (Phi) is 5.66. The number of rotatable bonds is 6. The van der Waals surface area contributed by atoms with Gasteiger partial charge in [0.05, 0.1) is 4.90 Å². The minimum atomic E-state index is -3.66. The highest BCUT2D eigenvalue weighted by Crippen LogP contribution is 2.21. The molecule has 138 valence electrons. The van der Waals surface area contributed by atoms with Crippen LogP contribution >= 0.6 is 0 Å². The molecule has 0 saturated carbocycles. The van der Waals surface area contributed by atoms with E-state index in [4.69, 9.17) is 5.21 Å². The number of hydrogen-bond acceptors (Lipinski definition) is 4. The monoisotopic (exact) mass is 382 g/mol. The van der Waals surface area contributed by atoms with Crippen molar-refractivity contribution in [2.24, 2.45) is 0 Å². The molecule has 27 heavy (non-hydrogen) atoms. The van der Waals surface area contributed by atoms with Gasteiger partial charge in [0.2, 0.25) is 10.0 Å². The molecule has 0 radical (unpaired) electrons. The molecular formula is C20H18N2O4S. The van der Waals surface area contributed by atoms with Crippen LogP contribution in [-0.4, -0.2) is 19.5 Å². The molecule has 3 N–H and O–H groups in total. The fourth-order valence-electron chi connectivity index (χ4n) is 2.56. The molecule has 0 aliphatic heterocycles. The normalized spacial score (nSPS) is 11.1. The van der Waals surface area contributed by atoms with Gasteiger partial charge in [-0.25, -0.2) is 18.6 Å². The molecule has 7 heteroatoms. The second-order valence-corrected chi connectivity index (χ2v) is 7.62. The van der Waals surface area contributed by atoms with Gasteiger partial charge < -0.3 is 0 Å². The van der Waals surface area contributed by atoms with Gasteiger partial charge in [0.1, 0.15) is 0 Å². The Morgan fingerprint density at radius 2 is 1.41 bits per heavy atom. The standard InChI is InChI=1S/C20H18N2O4S/c23-20(22-24)18-8-6-15(7-9-18)14-21-27(25,26)19-12-10-17(11-13-19)16-4-2-1-3-5-16/h1-13,21,24H,14H2,(H,22,23). The SMILES string of the molecule is O=C(NO)c1ccc(CNS(=O)(=O)c2ccc(-c3ccccc3)cc2)cc1. The first kappa shape index (κ1) is 18.8. The van der Waals surface area contributed by atoms with Gasteiger partial charge in [0.25, 0.3) is 5.91 Å². The molecule has 0 spiro atoms. The van der Waals surface area contributed by atoms with Gasteiger partial charge >= 0.3 is 0 Å². The fraction of sp³-hybridized carbons (Fsp3) is 0.0500. The van der Waals surface area contributed by atoms with Crippen LogP contribution in [0.15, 0.2) is 83.8 Å². The molecule has 0 aliphatic rings. The Morgan fingerprint density at radius 3 is 2.00 bits per heavy atom. The Labute approximate surface area is 157 Å². The van der Waals surface area contributed by atoms with E-state index in [9.17, 15) is 13.2 Å². The number of carbonyl (C=O) groups is 1. The van der Waals surface area contributed by atoms with Crippen molar-refractivity contribution in [3.05, 3.63) is 90.0 Å². The summed E-state index contributed by atoms with van der Waals surface area (Å²) in [5.74, 6) is -0.624. The minimum absolute atomic E-state index is 0.0871. The lowest BCUT2D eigenvalue weighted by Crippen LogP contribution is -2.23. The van der Waals surface area contributed by atoms with Crippen molar-refractivity contribution in [3.8, 4) is 11.1 Å². The summed E-state index contributed by atoms with van der Waals surface area (Å²) >= 11 is 0. The molecule has 6 nitrogen and oxygen atoms in total. The predicted molar refractivity (Wildman–Crippen MR) is 102 cm³/mol. The maximum Gasteiger partial charge on any atom is 0.274 e. The highest BCUT2D eigenvalue weighted by Gasteiger charge is 2.14. The van der Waals surface area contributed by atoms with E-state index in [-0.39, 0.29) is 17.0 Å². The number of hydroxylamine groups is 1. The van der Waals surface area contributed by atoms with Gasteiger partial charge in [-0.1, -0.05) is 54.6 Å². The van der Waals surface area contributed by atoms with E-state index in [1.165, 1.54) is 12.1 Å². The lowest BCUT2D eigenvalue weighted by atomic mass is 10.1. The number of carbonyl (C=O) groups excluding carboxylic acids is 1. The zero-order valence-corrected chi connectivity index (χ0v) is 15.1. The van der Waals surface area contributed by atoms with Crippen molar-refractivity contribution in [2.75, 3.05) is 0 Å². The van der Waals surface area contributed by atoms with Gasteiger partial charge in [-0.15, -0.1) is 0 Å². The molecule has 0 aromatic heterocycles. The van der Waals surface area contributed by atoms with Crippen molar-refractivity contribution in [1.29, 1.82) is 0 Å². The molecule has 3 rings (SSSR count). The first-order valence-corrected chi connectivity index (χ1v) is 9.66. The number of amides is 1. The van der Waals surface area contributed by atoms with Gasteiger partial charge in [-0.05, 0) is 41.0 Å². The summed E-state index contributed by atoms with van der Waals surface area (Å²) in [5.41, 5.74) is 4.46. The largest absolute Gasteiger partial charge is 0.288 e. The van der Waals surface area contributed by atoms with E-state index in [0.717, 1.165) is 11.1 Å². The topological polar surface area (TPSA) is 95.5 Å². The van der Waals surface area contributed by atoms with Crippen LogP contribution in [0.25, 0.3) is 11.1 Å². The second-order valence-electron chi connectivity index (χ2n) is 5.85. The Hall–Kier alpha value is -3.00. The average molecular weight is 382 g/mol. The molecule has 0 aliphatic carbocycles. The average Bonchev–Trinajstić information content (AvgIpc) is 2.73. The fourth-order valence-corrected chi connectivity index (χ4v) is 3.58. The third-order valence-corrected chi connectivity index (χ3v) is 5.47. The molecule has 0 heterocycles. The van der Waals surface area contributed by atoms with Gasteiger partial charge in [0, 0.05) is 12.1 Å². The Balaban J connectivity index is 1.68. The van der Waals surface area contributed by atoms with Crippen LogP contribution in [-0.2, 0) is 16.6 Å². The van der Waals surface area contributed by atoms with Gasteiger partial charge in [0.15, 0.2) is 0 Å². The van der Waals surface area contributed by atoms with Crippen molar-refractivity contribution < 1.29 is 18.4 Å². The van der Waals surface area contributed by atoms with Crippen LogP contribution in [0, 0.1) is 0 Å². The van der Waals surface area contributed by atoms with Crippen LogP contribution < -0.4 is 10.2 Å². The molecule has 0 unspecified atom stereocenters. The summed E-state index contributed by atoms with van der Waals surface area (Å²) in [6.07, 6.45) is 0. The highest BCUT2D eigenvalue weighted by molar-refractivity contribution is 7.89. The summed E-state index contributed by atoms with van der Waals surface area (Å²) < 4.78 is 27.5. The molecule has 1 amide bonds. The Bertz CT molecular complexity index is 1020. The molecule has 3 aromatic rings. The number of hydrogen-bond donors (Lipinski definition) is 3. The lowest BCUT2D eigenvalue weighted by molar-refractivity contribution is 0.0706. The van der Waals surface area contributed by atoms with Crippen molar-refractivity contribution >= 4 is 15.9 Å². The van der Waals surface area contributed by atoms with E-state index in [2.05, 4.69) is 4.72 Å². The first-order valence-electron chi connectivity index (χ1n) is 8.18. The quantitative estimate of drug-likeness (QED) is 0.451. The number of nitrogens with one attached hydrogen (secondary N) is 2. The molecule has 3 aromatic carbocycles. The summed E-state index contributed by atoms with van der Waals surface area (Å²) in [6.45, 7) is 0.0871. The zero-order chi connectivity index (χ0) is 19.3. The van der Waals surface area contributed by atoms with Crippen molar-refractivity contribution in [1.82, 2.24) is 10.2 Å². The molecule has 0 saturated heterocycles. The summed E-state index contributed by atoms with van der Waals surface area (Å²) in [7, 11) is -3.66.